The highest BCUT2D eigenvalue weighted by molar-refractivity contribution is 6.30. The predicted molar refractivity (Wildman–Crippen MR) is 93.5 cm³/mol. The van der Waals surface area contributed by atoms with E-state index in [9.17, 15) is 24.8 Å². The summed E-state index contributed by atoms with van der Waals surface area (Å²) in [6.45, 7) is 1.55. The molecule has 0 unspecified atom stereocenters. The Balaban J connectivity index is 1.93. The lowest BCUT2D eigenvalue weighted by atomic mass is 10.1. The van der Waals surface area contributed by atoms with Crippen molar-refractivity contribution in [2.24, 2.45) is 5.10 Å². The first-order valence-corrected chi connectivity index (χ1v) is 7.57. The molecule has 3 rings (SSSR count). The first kappa shape index (κ1) is 17.0. The molecule has 8 nitrogen and oxygen atoms in total. The van der Waals surface area contributed by atoms with Crippen molar-refractivity contribution in [3.05, 3.63) is 75.3 Å². The fourth-order valence-electron chi connectivity index (χ4n) is 2.49. The number of hydrazone groups is 1. The average molecular weight is 351 g/mol. The lowest BCUT2D eigenvalue weighted by Gasteiger charge is -2.10. The SMILES string of the molecule is CC1=NN(C(=O)c2ccccc2O)C(=O)C1=Cc1cccc([N+](=O)[O-])c1. The van der Waals surface area contributed by atoms with Gasteiger partial charge in [0.05, 0.1) is 21.8 Å². The summed E-state index contributed by atoms with van der Waals surface area (Å²) in [5, 5.41) is 25.3. The molecule has 0 saturated heterocycles. The largest absolute Gasteiger partial charge is 0.507 e. The van der Waals surface area contributed by atoms with E-state index < -0.39 is 16.7 Å². The van der Waals surface area contributed by atoms with Crippen molar-refractivity contribution in [1.82, 2.24) is 5.01 Å². The van der Waals surface area contributed by atoms with Crippen molar-refractivity contribution in [1.29, 1.82) is 0 Å². The summed E-state index contributed by atoms with van der Waals surface area (Å²) >= 11 is 0. The van der Waals surface area contributed by atoms with E-state index in [0.717, 1.165) is 0 Å². The summed E-state index contributed by atoms with van der Waals surface area (Å²) in [6, 6.07) is 11.6. The lowest BCUT2D eigenvalue weighted by molar-refractivity contribution is -0.384. The molecule has 0 aromatic heterocycles. The molecule has 2 aromatic carbocycles. The van der Waals surface area contributed by atoms with Gasteiger partial charge in [-0.1, -0.05) is 24.3 Å². The summed E-state index contributed by atoms with van der Waals surface area (Å²) in [7, 11) is 0. The molecule has 130 valence electrons. The molecule has 0 atom stereocenters. The van der Waals surface area contributed by atoms with Crippen LogP contribution in [0.5, 0.6) is 5.75 Å². The van der Waals surface area contributed by atoms with Crippen LogP contribution in [0, 0.1) is 10.1 Å². The van der Waals surface area contributed by atoms with Crippen molar-refractivity contribution < 1.29 is 19.6 Å². The Morgan fingerprint density at radius 2 is 1.96 bits per heavy atom. The number of rotatable bonds is 3. The first-order chi connectivity index (χ1) is 12.4. The van der Waals surface area contributed by atoms with Gasteiger partial charge in [0.25, 0.3) is 17.5 Å². The second-order valence-corrected chi connectivity index (χ2v) is 5.53. The number of hydrogen-bond donors (Lipinski definition) is 1. The zero-order valence-corrected chi connectivity index (χ0v) is 13.6. The number of carbonyl (C=O) groups excluding carboxylic acids is 2. The van der Waals surface area contributed by atoms with E-state index in [2.05, 4.69) is 5.10 Å². The Morgan fingerprint density at radius 3 is 2.65 bits per heavy atom. The highest BCUT2D eigenvalue weighted by Gasteiger charge is 2.33. The topological polar surface area (TPSA) is 113 Å². The van der Waals surface area contributed by atoms with Crippen molar-refractivity contribution >= 4 is 29.3 Å². The Labute approximate surface area is 147 Å². The quantitative estimate of drug-likeness (QED) is 0.395. The van der Waals surface area contributed by atoms with Gasteiger partial charge in [0.1, 0.15) is 5.75 Å². The molecule has 1 aliphatic heterocycles. The molecule has 26 heavy (non-hydrogen) atoms. The smallest absolute Gasteiger partial charge is 0.285 e. The molecule has 1 aliphatic rings. The number of para-hydroxylation sites is 1. The minimum Gasteiger partial charge on any atom is -0.507 e. The van der Waals surface area contributed by atoms with Crippen LogP contribution in [0.4, 0.5) is 5.69 Å². The number of hydrogen-bond acceptors (Lipinski definition) is 6. The molecule has 0 saturated carbocycles. The van der Waals surface area contributed by atoms with Crippen LogP contribution in [0.25, 0.3) is 6.08 Å². The Kier molecular flexibility index (Phi) is 4.32. The maximum atomic E-state index is 12.6. The van der Waals surface area contributed by atoms with Gasteiger partial charge < -0.3 is 5.11 Å². The van der Waals surface area contributed by atoms with Crippen LogP contribution in [0.3, 0.4) is 0 Å². The van der Waals surface area contributed by atoms with E-state index >= 15 is 0 Å². The van der Waals surface area contributed by atoms with Crippen LogP contribution in [0.15, 0.2) is 59.2 Å². The minimum atomic E-state index is -0.755. The summed E-state index contributed by atoms with van der Waals surface area (Å²) in [6.07, 6.45) is 1.44. The highest BCUT2D eigenvalue weighted by Crippen LogP contribution is 2.25. The third-order valence-corrected chi connectivity index (χ3v) is 3.78. The van der Waals surface area contributed by atoms with Gasteiger partial charge in [-0.25, -0.2) is 0 Å². The fraction of sp³-hybridized carbons (Fsp3) is 0.0556. The van der Waals surface area contributed by atoms with Crippen LogP contribution in [-0.2, 0) is 4.79 Å². The molecular formula is C18H13N3O5. The molecule has 2 aromatic rings. The van der Waals surface area contributed by atoms with Gasteiger partial charge in [0.15, 0.2) is 0 Å². The third kappa shape index (κ3) is 3.07. The first-order valence-electron chi connectivity index (χ1n) is 7.57. The standard InChI is InChI=1S/C18H13N3O5/c1-11-15(10-12-5-4-6-13(9-12)21(25)26)18(24)20(19-11)17(23)14-7-2-3-8-16(14)22/h2-10,22H,1H3. The van der Waals surface area contributed by atoms with Crippen LogP contribution in [0.1, 0.15) is 22.8 Å². The summed E-state index contributed by atoms with van der Waals surface area (Å²) < 4.78 is 0. The fourth-order valence-corrected chi connectivity index (χ4v) is 2.49. The zero-order valence-electron chi connectivity index (χ0n) is 13.6. The monoisotopic (exact) mass is 351 g/mol. The van der Waals surface area contributed by atoms with Crippen molar-refractivity contribution in [2.75, 3.05) is 0 Å². The second kappa shape index (κ2) is 6.60. The number of nitrogens with zero attached hydrogens (tertiary/aromatic N) is 3. The van der Waals surface area contributed by atoms with E-state index in [0.29, 0.717) is 16.3 Å². The van der Waals surface area contributed by atoms with Gasteiger partial charge >= 0.3 is 0 Å². The van der Waals surface area contributed by atoms with Gasteiger partial charge in [-0.2, -0.15) is 10.1 Å². The number of benzene rings is 2. The van der Waals surface area contributed by atoms with Gasteiger partial charge in [0, 0.05) is 12.1 Å². The third-order valence-electron chi connectivity index (χ3n) is 3.78. The van der Waals surface area contributed by atoms with Crippen LogP contribution in [0.2, 0.25) is 0 Å². The molecule has 1 N–H and O–H groups in total. The molecular weight excluding hydrogens is 338 g/mol. The van der Waals surface area contributed by atoms with Crippen LogP contribution in [-0.4, -0.2) is 32.6 Å². The number of phenolic OH excluding ortho intramolecular Hbond substituents is 1. The summed E-state index contributed by atoms with van der Waals surface area (Å²) in [4.78, 5) is 35.4. The van der Waals surface area contributed by atoms with Gasteiger partial charge in [-0.3, -0.25) is 19.7 Å². The molecule has 0 radical (unpaired) electrons. The number of nitro benzene ring substituents is 1. The van der Waals surface area contributed by atoms with E-state index in [1.54, 1.807) is 25.1 Å². The molecule has 1 heterocycles. The van der Waals surface area contributed by atoms with Gasteiger partial charge in [-0.15, -0.1) is 0 Å². The van der Waals surface area contributed by atoms with Gasteiger partial charge in [-0.05, 0) is 30.7 Å². The minimum absolute atomic E-state index is 0.0472. The molecule has 0 aliphatic carbocycles. The van der Waals surface area contributed by atoms with Gasteiger partial charge in [0.2, 0.25) is 0 Å². The number of nitro groups is 1. The Morgan fingerprint density at radius 1 is 1.23 bits per heavy atom. The molecule has 0 spiro atoms. The summed E-state index contributed by atoms with van der Waals surface area (Å²) in [5.74, 6) is -1.67. The number of aromatic hydroxyl groups is 1. The lowest BCUT2D eigenvalue weighted by Crippen LogP contribution is -2.29. The number of non-ortho nitro benzene ring substituents is 1. The Hall–Kier alpha value is -3.81. The number of amides is 2. The maximum Gasteiger partial charge on any atom is 0.285 e. The van der Waals surface area contributed by atoms with Crippen molar-refractivity contribution in [2.45, 2.75) is 6.92 Å². The zero-order chi connectivity index (χ0) is 18.8. The Bertz CT molecular complexity index is 994. The highest BCUT2D eigenvalue weighted by atomic mass is 16.6. The van der Waals surface area contributed by atoms with Crippen LogP contribution >= 0.6 is 0 Å². The van der Waals surface area contributed by atoms with Crippen molar-refractivity contribution in [3.63, 3.8) is 0 Å². The number of phenols is 1. The van der Waals surface area contributed by atoms with E-state index in [1.807, 2.05) is 0 Å². The normalized spacial score (nSPS) is 15.3. The van der Waals surface area contributed by atoms with Crippen LogP contribution < -0.4 is 0 Å². The predicted octanol–water partition coefficient (Wildman–Crippen LogP) is 2.74. The summed E-state index contributed by atoms with van der Waals surface area (Å²) in [5.41, 5.74) is 0.726. The van der Waals surface area contributed by atoms with E-state index in [1.165, 1.54) is 36.4 Å². The molecule has 8 heteroatoms. The molecule has 0 fully saturated rings. The number of imide groups is 1. The van der Waals surface area contributed by atoms with E-state index in [-0.39, 0.29) is 22.6 Å². The maximum absolute atomic E-state index is 12.6. The van der Waals surface area contributed by atoms with E-state index in [4.69, 9.17) is 0 Å². The molecule has 0 bridgehead atoms. The van der Waals surface area contributed by atoms with Crippen molar-refractivity contribution in [3.8, 4) is 5.75 Å². The second-order valence-electron chi connectivity index (χ2n) is 5.53. The molecule has 2 amide bonds. The number of carbonyl (C=O) groups is 2. The average Bonchev–Trinajstić information content (AvgIpc) is 2.90.